The van der Waals surface area contributed by atoms with Crippen molar-refractivity contribution in [1.82, 2.24) is 9.80 Å². The number of nitrogens with two attached hydrogens (primary N) is 1. The molecule has 2 rings (SSSR count). The molecule has 116 valence electrons. The summed E-state index contributed by atoms with van der Waals surface area (Å²) >= 11 is 1.45. The van der Waals surface area contributed by atoms with E-state index in [9.17, 15) is 9.59 Å². The van der Waals surface area contributed by atoms with Gasteiger partial charge in [-0.1, -0.05) is 26.3 Å². The van der Waals surface area contributed by atoms with Crippen LogP contribution in [0, 0.1) is 5.92 Å². The molecule has 2 N–H and O–H groups in total. The average molecular weight is 309 g/mol. The topological polar surface area (TPSA) is 66.6 Å². The van der Waals surface area contributed by atoms with Crippen LogP contribution in [0.1, 0.15) is 29.9 Å². The Hall–Kier alpha value is -1.40. The Morgan fingerprint density at radius 3 is 2.43 bits per heavy atom. The highest BCUT2D eigenvalue weighted by molar-refractivity contribution is 7.12. The van der Waals surface area contributed by atoms with E-state index in [1.54, 1.807) is 4.90 Å². The number of thiophene rings is 1. The number of carbonyl (C=O) groups excluding carboxylic acids is 2. The average Bonchev–Trinajstić information content (AvgIpc) is 3.06. The minimum Gasteiger partial charge on any atom is -0.338 e. The summed E-state index contributed by atoms with van der Waals surface area (Å²) in [6.07, 6.45) is 0.893. The highest BCUT2D eigenvalue weighted by Crippen LogP contribution is 2.15. The fourth-order valence-electron chi connectivity index (χ4n) is 2.39. The van der Waals surface area contributed by atoms with Gasteiger partial charge in [-0.05, 0) is 17.4 Å². The summed E-state index contributed by atoms with van der Waals surface area (Å²) in [5.41, 5.74) is 6.00. The molecule has 1 aromatic rings. The Labute approximate surface area is 129 Å². The van der Waals surface area contributed by atoms with E-state index in [0.717, 1.165) is 11.3 Å². The van der Waals surface area contributed by atoms with Crippen LogP contribution in [0.5, 0.6) is 0 Å². The summed E-state index contributed by atoms with van der Waals surface area (Å²) in [4.78, 5) is 28.9. The summed E-state index contributed by atoms with van der Waals surface area (Å²) in [5.74, 6) is 0.249. The third-order valence-corrected chi connectivity index (χ3v) is 5.01. The normalized spacial score (nSPS) is 18.4. The predicted molar refractivity (Wildman–Crippen MR) is 84.2 cm³/mol. The van der Waals surface area contributed by atoms with Crippen molar-refractivity contribution in [1.29, 1.82) is 0 Å². The van der Waals surface area contributed by atoms with Gasteiger partial charge in [-0.3, -0.25) is 9.59 Å². The van der Waals surface area contributed by atoms with E-state index in [-0.39, 0.29) is 17.7 Å². The van der Waals surface area contributed by atoms with Crippen LogP contribution >= 0.6 is 11.3 Å². The van der Waals surface area contributed by atoms with E-state index in [1.165, 1.54) is 11.3 Å². The molecular weight excluding hydrogens is 286 g/mol. The molecule has 0 aliphatic carbocycles. The van der Waals surface area contributed by atoms with Crippen LogP contribution in [-0.2, 0) is 4.79 Å². The lowest BCUT2D eigenvalue weighted by molar-refractivity contribution is -0.135. The van der Waals surface area contributed by atoms with Crippen LogP contribution in [-0.4, -0.2) is 53.8 Å². The van der Waals surface area contributed by atoms with E-state index in [0.29, 0.717) is 26.2 Å². The summed E-state index contributed by atoms with van der Waals surface area (Å²) in [7, 11) is 0. The summed E-state index contributed by atoms with van der Waals surface area (Å²) < 4.78 is 0. The first-order valence-corrected chi connectivity index (χ1v) is 8.29. The number of piperazine rings is 1. The Morgan fingerprint density at radius 2 is 1.90 bits per heavy atom. The Morgan fingerprint density at radius 1 is 1.29 bits per heavy atom. The van der Waals surface area contributed by atoms with Crippen molar-refractivity contribution in [3.05, 3.63) is 22.4 Å². The number of hydrogen-bond acceptors (Lipinski definition) is 4. The van der Waals surface area contributed by atoms with E-state index < -0.39 is 6.04 Å². The summed E-state index contributed by atoms with van der Waals surface area (Å²) in [6.45, 7) is 6.33. The molecule has 2 amide bonds. The summed E-state index contributed by atoms with van der Waals surface area (Å²) in [6, 6.07) is 3.28. The summed E-state index contributed by atoms with van der Waals surface area (Å²) in [5, 5.41) is 1.90. The maximum absolute atomic E-state index is 12.3. The molecule has 2 atom stereocenters. The maximum atomic E-state index is 12.3. The SMILES string of the molecule is CC[C@H](C)[C@H](N)C(=O)N1CCN(C(=O)c2cccs2)CC1. The van der Waals surface area contributed by atoms with Crippen LogP contribution < -0.4 is 5.73 Å². The van der Waals surface area contributed by atoms with E-state index >= 15 is 0 Å². The zero-order valence-corrected chi connectivity index (χ0v) is 13.4. The Balaban J connectivity index is 1.88. The van der Waals surface area contributed by atoms with Crippen molar-refractivity contribution < 1.29 is 9.59 Å². The van der Waals surface area contributed by atoms with Crippen LogP contribution in [0.15, 0.2) is 17.5 Å². The van der Waals surface area contributed by atoms with Crippen LogP contribution in [0.4, 0.5) is 0 Å². The van der Waals surface area contributed by atoms with Gasteiger partial charge in [0.05, 0.1) is 10.9 Å². The largest absolute Gasteiger partial charge is 0.338 e. The van der Waals surface area contributed by atoms with Crippen molar-refractivity contribution in [2.24, 2.45) is 11.7 Å². The molecule has 0 saturated carbocycles. The van der Waals surface area contributed by atoms with Gasteiger partial charge in [0.25, 0.3) is 5.91 Å². The maximum Gasteiger partial charge on any atom is 0.264 e. The predicted octanol–water partition coefficient (Wildman–Crippen LogP) is 1.41. The van der Waals surface area contributed by atoms with Gasteiger partial charge in [0.1, 0.15) is 0 Å². The molecule has 21 heavy (non-hydrogen) atoms. The molecule has 0 spiro atoms. The third-order valence-electron chi connectivity index (χ3n) is 4.15. The fraction of sp³-hybridized carbons (Fsp3) is 0.600. The van der Waals surface area contributed by atoms with Gasteiger partial charge in [-0.15, -0.1) is 11.3 Å². The minimum absolute atomic E-state index is 0.00701. The van der Waals surface area contributed by atoms with E-state index in [4.69, 9.17) is 5.73 Å². The van der Waals surface area contributed by atoms with Crippen molar-refractivity contribution in [3.8, 4) is 0 Å². The fourth-order valence-corrected chi connectivity index (χ4v) is 3.08. The smallest absolute Gasteiger partial charge is 0.264 e. The van der Waals surface area contributed by atoms with Gasteiger partial charge < -0.3 is 15.5 Å². The number of nitrogens with zero attached hydrogens (tertiary/aromatic N) is 2. The lowest BCUT2D eigenvalue weighted by Gasteiger charge is -2.36. The second-order valence-corrected chi connectivity index (χ2v) is 6.45. The highest BCUT2D eigenvalue weighted by atomic mass is 32.1. The van der Waals surface area contributed by atoms with Crippen molar-refractivity contribution in [2.45, 2.75) is 26.3 Å². The lowest BCUT2D eigenvalue weighted by atomic mass is 9.98. The molecule has 0 aromatic carbocycles. The molecular formula is C15H23N3O2S. The van der Waals surface area contributed by atoms with Crippen LogP contribution in [0.2, 0.25) is 0 Å². The first kappa shape index (κ1) is 16.0. The van der Waals surface area contributed by atoms with Crippen molar-refractivity contribution in [3.63, 3.8) is 0 Å². The quantitative estimate of drug-likeness (QED) is 0.914. The molecule has 1 saturated heterocycles. The molecule has 1 aliphatic heterocycles. The molecule has 5 nitrogen and oxygen atoms in total. The van der Waals surface area contributed by atoms with E-state index in [1.807, 2.05) is 36.3 Å². The Bertz CT molecular complexity index is 481. The van der Waals surface area contributed by atoms with Gasteiger partial charge in [0.15, 0.2) is 0 Å². The molecule has 0 bridgehead atoms. The highest BCUT2D eigenvalue weighted by Gasteiger charge is 2.29. The second kappa shape index (κ2) is 7.04. The third kappa shape index (κ3) is 3.63. The van der Waals surface area contributed by atoms with Crippen molar-refractivity contribution >= 4 is 23.2 Å². The van der Waals surface area contributed by atoms with Gasteiger partial charge in [0.2, 0.25) is 5.91 Å². The van der Waals surface area contributed by atoms with Crippen molar-refractivity contribution in [2.75, 3.05) is 26.2 Å². The lowest BCUT2D eigenvalue weighted by Crippen LogP contribution is -2.55. The second-order valence-electron chi connectivity index (χ2n) is 5.51. The van der Waals surface area contributed by atoms with Gasteiger partial charge in [-0.25, -0.2) is 0 Å². The molecule has 0 radical (unpaired) electrons. The molecule has 1 fully saturated rings. The minimum atomic E-state index is -0.436. The first-order chi connectivity index (χ1) is 10.0. The van der Waals surface area contributed by atoms with E-state index in [2.05, 4.69) is 0 Å². The molecule has 1 aliphatic rings. The number of hydrogen-bond donors (Lipinski definition) is 1. The molecule has 2 heterocycles. The van der Waals surface area contributed by atoms with Gasteiger partial charge in [0, 0.05) is 26.2 Å². The monoisotopic (exact) mass is 309 g/mol. The molecule has 0 unspecified atom stereocenters. The molecule has 6 heteroatoms. The number of carbonyl (C=O) groups is 2. The van der Waals surface area contributed by atoms with Crippen LogP contribution in [0.25, 0.3) is 0 Å². The zero-order chi connectivity index (χ0) is 15.4. The first-order valence-electron chi connectivity index (χ1n) is 7.41. The zero-order valence-electron chi connectivity index (χ0n) is 12.6. The Kier molecular flexibility index (Phi) is 5.36. The van der Waals surface area contributed by atoms with Gasteiger partial charge >= 0.3 is 0 Å². The number of amides is 2. The van der Waals surface area contributed by atoms with Gasteiger partial charge in [-0.2, -0.15) is 0 Å². The van der Waals surface area contributed by atoms with Crippen LogP contribution in [0.3, 0.4) is 0 Å². The number of rotatable bonds is 4. The molecule has 1 aromatic heterocycles. The standard InChI is InChI=1S/C15H23N3O2S/c1-3-11(2)13(16)15(20)18-8-6-17(7-9-18)14(19)12-5-4-10-21-12/h4-5,10-11,13H,3,6-9,16H2,1-2H3/t11-,13-/m0/s1.